The molecule has 0 aliphatic carbocycles. The number of ether oxygens (including phenoxy) is 1. The zero-order chi connectivity index (χ0) is 57.8. The zero-order valence-corrected chi connectivity index (χ0v) is 40.7. The number of nitrogens with zero attached hydrogens (tertiary/aromatic N) is 1. The highest BCUT2D eigenvalue weighted by Crippen LogP contribution is 2.32. The lowest BCUT2D eigenvalue weighted by Crippen LogP contribution is -2.81. The predicted molar refractivity (Wildman–Crippen MR) is 252 cm³/mol. The third kappa shape index (κ3) is 11.1. The highest BCUT2D eigenvalue weighted by Gasteiger charge is 2.52. The van der Waals surface area contributed by atoms with E-state index in [-0.39, 0.29) is 0 Å². The fourth-order valence-corrected chi connectivity index (χ4v) is 9.42. The quantitative estimate of drug-likeness (QED) is 0.0221. The van der Waals surface area contributed by atoms with E-state index in [9.17, 15) is 52.7 Å². The molecule has 8 rings (SSSR count). The van der Waals surface area contributed by atoms with Gasteiger partial charge in [-0.25, -0.2) is 87.8 Å². The van der Waals surface area contributed by atoms with Crippen LogP contribution in [-0.2, 0) is 13.0 Å². The fourth-order valence-electron chi connectivity index (χ4n) is 9.42. The number of fused-ring (bicyclic) bond motifs is 1. The van der Waals surface area contributed by atoms with Crippen molar-refractivity contribution in [3.8, 4) is 11.6 Å². The van der Waals surface area contributed by atoms with E-state index in [0.29, 0.717) is 0 Å². The van der Waals surface area contributed by atoms with Crippen molar-refractivity contribution in [1.82, 2.24) is 0 Å². The van der Waals surface area contributed by atoms with Gasteiger partial charge in [0, 0.05) is 11.6 Å². The minimum absolute atomic E-state index is 0.775. The van der Waals surface area contributed by atoms with E-state index < -0.39 is 144 Å². The second kappa shape index (κ2) is 24.6. The topological polar surface area (TPSA) is 13.1 Å². The Labute approximate surface area is 436 Å². The summed E-state index contributed by atoms with van der Waals surface area (Å²) in [6.45, 7) is 3.05. The van der Waals surface area contributed by atoms with Crippen LogP contribution in [0.1, 0.15) is 69.4 Å². The van der Waals surface area contributed by atoms with Gasteiger partial charge in [-0.05, 0) is 42.0 Å². The second-order valence-corrected chi connectivity index (χ2v) is 18.1. The van der Waals surface area contributed by atoms with Crippen molar-refractivity contribution in [3.05, 3.63) is 219 Å². The highest BCUT2D eigenvalue weighted by molar-refractivity contribution is 7.20. The predicted octanol–water partition coefficient (Wildman–Crippen LogP) is 14.5. The van der Waals surface area contributed by atoms with E-state index in [1.165, 1.54) is 67.9 Å². The van der Waals surface area contributed by atoms with E-state index in [2.05, 4.69) is 103 Å². The lowest BCUT2D eigenvalue weighted by atomic mass is 9.12. The average molecular weight is 1130 g/mol. The molecule has 1 aromatic heterocycles. The van der Waals surface area contributed by atoms with Gasteiger partial charge in [0.2, 0.25) is 0 Å². The van der Waals surface area contributed by atoms with Crippen LogP contribution in [0.15, 0.2) is 91.1 Å². The summed E-state index contributed by atoms with van der Waals surface area (Å²) in [5.74, 6) is -69.6. The Morgan fingerprint density at radius 3 is 1.08 bits per heavy atom. The molecule has 0 aliphatic heterocycles. The van der Waals surface area contributed by atoms with Gasteiger partial charge >= 0.3 is 5.88 Å². The number of rotatable bonds is 17. The number of pyridine rings is 1. The smallest absolute Gasteiger partial charge is 0.381 e. The minimum atomic E-state index is -7.22. The third-order valence-corrected chi connectivity index (χ3v) is 13.2. The first-order valence-corrected chi connectivity index (χ1v) is 24.0. The molecular formula is C56H38BF20NO. The molecule has 0 fully saturated rings. The van der Waals surface area contributed by atoms with E-state index in [4.69, 9.17) is 4.74 Å². The van der Waals surface area contributed by atoms with Gasteiger partial charge in [-0.3, -0.25) is 0 Å². The van der Waals surface area contributed by atoms with E-state index >= 15 is 35.1 Å². The summed E-state index contributed by atoms with van der Waals surface area (Å²) in [4.78, 5) is 0. The van der Waals surface area contributed by atoms with Crippen molar-refractivity contribution in [2.24, 2.45) is 0 Å². The van der Waals surface area contributed by atoms with E-state index in [1.807, 2.05) is 0 Å². The Morgan fingerprint density at radius 1 is 0.342 bits per heavy atom. The molecule has 416 valence electrons. The van der Waals surface area contributed by atoms with Crippen LogP contribution in [0.4, 0.5) is 87.8 Å². The fraction of sp³-hybridized carbons (Fsp3) is 0.196. The van der Waals surface area contributed by atoms with E-state index in [1.54, 1.807) is 0 Å². The van der Waals surface area contributed by atoms with Gasteiger partial charge in [0.25, 0.3) is 0 Å². The first kappa shape index (κ1) is 59.1. The molecule has 0 atom stereocenters. The molecule has 8 aromatic rings. The zero-order valence-electron chi connectivity index (χ0n) is 40.7. The molecule has 0 aliphatic rings. The van der Waals surface area contributed by atoms with Crippen molar-refractivity contribution in [2.45, 2.75) is 71.3 Å². The van der Waals surface area contributed by atoms with Crippen molar-refractivity contribution >= 4 is 38.8 Å². The number of hydrogen-bond acceptors (Lipinski definition) is 1. The van der Waals surface area contributed by atoms with Gasteiger partial charge in [0.15, 0.2) is 82.5 Å². The number of benzene rings is 7. The van der Waals surface area contributed by atoms with Gasteiger partial charge in [0.1, 0.15) is 58.4 Å². The first-order chi connectivity index (χ1) is 37.5. The third-order valence-electron chi connectivity index (χ3n) is 13.2. The van der Waals surface area contributed by atoms with Crippen LogP contribution in [0.3, 0.4) is 0 Å². The summed E-state index contributed by atoms with van der Waals surface area (Å²) in [7, 11) is 0. The maximum absolute atomic E-state index is 15.4. The Hall–Kier alpha value is -7.59. The number of aromatic nitrogens is 1. The van der Waals surface area contributed by atoms with Crippen molar-refractivity contribution in [2.75, 3.05) is 0 Å². The summed E-state index contributed by atoms with van der Waals surface area (Å²) >= 11 is 0. The summed E-state index contributed by atoms with van der Waals surface area (Å²) in [6.07, 6.45) is 6.94. The van der Waals surface area contributed by atoms with Crippen molar-refractivity contribution in [3.63, 3.8) is 0 Å². The molecule has 0 unspecified atom stereocenters. The van der Waals surface area contributed by atoms with E-state index in [0.717, 1.165) is 30.0 Å². The molecule has 7 aromatic carbocycles. The SMILES string of the molecule is CCCCCCCCCCc1ccc(Oc2c3ccccc3cc[n+]2Cc2ccccc2)cc1.Fc1c(F)c(F)c([B-](c2c(F)c(F)c(F)c(F)c2F)(c2c(F)c(F)c(F)c(F)c2F)c2c(F)c(F)c(F)c(F)c2F)c(F)c1F. The lowest BCUT2D eigenvalue weighted by Gasteiger charge is -2.44. The summed E-state index contributed by atoms with van der Waals surface area (Å²) in [5.41, 5.74) is -11.7. The number of hydrogen-bond donors (Lipinski definition) is 0. The molecule has 0 radical (unpaired) electrons. The van der Waals surface area contributed by atoms with Gasteiger partial charge in [-0.15, -0.1) is 21.9 Å². The number of unbranched alkanes of at least 4 members (excludes halogenated alkanes) is 7. The van der Waals surface area contributed by atoms with Crippen LogP contribution in [0.2, 0.25) is 0 Å². The largest absolute Gasteiger partial charge is 0.405 e. The summed E-state index contributed by atoms with van der Waals surface area (Å²) in [6, 6.07) is 29.8. The minimum Gasteiger partial charge on any atom is -0.405 e. The molecule has 0 saturated carbocycles. The second-order valence-electron chi connectivity index (χ2n) is 18.1. The summed E-state index contributed by atoms with van der Waals surface area (Å²) < 4.78 is 303. The number of halogens is 20. The molecule has 79 heavy (non-hydrogen) atoms. The molecule has 23 heteroatoms. The van der Waals surface area contributed by atoms with Crippen molar-refractivity contribution in [1.29, 1.82) is 0 Å². The van der Waals surface area contributed by atoms with Crippen molar-refractivity contribution < 1.29 is 97.1 Å². The maximum Gasteiger partial charge on any atom is 0.381 e. The van der Waals surface area contributed by atoms with Gasteiger partial charge in [0.05, 0.1) is 5.39 Å². The molecule has 1 heterocycles. The van der Waals surface area contributed by atoms with Crippen LogP contribution in [-0.4, -0.2) is 6.15 Å². The number of aryl methyl sites for hydroxylation is 1. The monoisotopic (exact) mass is 1130 g/mol. The standard InChI is InChI=1S/C32H38NO.C24BF20/c1-2-3-4-5-6-7-8-10-15-27-20-22-30(23-21-27)34-32-31-19-14-13-18-29(31)24-25-33(32)26-28-16-11-9-12-17-28;26-5-1(6(27)14(35)21(42)13(5)34)25(2-7(28)15(36)22(43)16(37)8(2)29,3-9(30)17(38)23(44)18(39)10(3)31)4-11(32)19(40)24(45)20(41)12(4)33/h9,11-14,16-25H,2-8,10,15,26H2,1H3;/q+1;-1. The first-order valence-electron chi connectivity index (χ1n) is 24.0. The maximum atomic E-state index is 15.4. The molecule has 0 N–H and O–H groups in total. The van der Waals surface area contributed by atoms with Crippen LogP contribution in [0.5, 0.6) is 11.6 Å². The molecule has 0 saturated heterocycles. The Balaban J connectivity index is 0.000000237. The molecular weight excluding hydrogens is 1090 g/mol. The molecule has 2 nitrogen and oxygen atoms in total. The average Bonchev–Trinajstić information content (AvgIpc) is 3.24. The van der Waals surface area contributed by atoms with Crippen LogP contribution in [0.25, 0.3) is 10.8 Å². The van der Waals surface area contributed by atoms with Crippen LogP contribution >= 0.6 is 0 Å². The molecule has 0 spiro atoms. The Kier molecular flexibility index (Phi) is 18.4. The van der Waals surface area contributed by atoms with Gasteiger partial charge in [-0.1, -0.05) is 113 Å². The lowest BCUT2D eigenvalue weighted by molar-refractivity contribution is -0.691. The summed E-state index contributed by atoms with van der Waals surface area (Å²) in [5, 5.41) is 2.32. The molecule has 0 bridgehead atoms. The van der Waals surface area contributed by atoms with Gasteiger partial charge in [-0.2, -0.15) is 4.57 Å². The van der Waals surface area contributed by atoms with Crippen LogP contribution < -0.4 is 31.2 Å². The molecule has 0 amide bonds. The Morgan fingerprint density at radius 2 is 0.684 bits per heavy atom. The van der Waals surface area contributed by atoms with Gasteiger partial charge < -0.3 is 4.74 Å². The highest BCUT2D eigenvalue weighted by atomic mass is 19.2. The van der Waals surface area contributed by atoms with Crippen LogP contribution in [0, 0.1) is 116 Å². The Bertz CT molecular complexity index is 3180. The normalized spacial score (nSPS) is 11.6.